The number of hydrogen-bond donors (Lipinski definition) is 0. The van der Waals surface area contributed by atoms with Crippen molar-refractivity contribution in [2.45, 2.75) is 20.8 Å². The Labute approximate surface area is 91.7 Å². The highest BCUT2D eigenvalue weighted by atomic mass is 127. The maximum absolute atomic E-state index is 2.16. The summed E-state index contributed by atoms with van der Waals surface area (Å²) in [6, 6.07) is 6.38. The summed E-state index contributed by atoms with van der Waals surface area (Å²) in [6.07, 6.45) is 4.21. The van der Waals surface area contributed by atoms with E-state index in [0.717, 1.165) is 0 Å². The van der Waals surface area contributed by atoms with Gasteiger partial charge in [-0.25, -0.2) is 0 Å². The Hall–Kier alpha value is -0.310. The van der Waals surface area contributed by atoms with Gasteiger partial charge in [0.25, 0.3) is 0 Å². The maximum atomic E-state index is 2.16. The number of benzene rings is 1. The molecule has 1 aromatic carbocycles. The van der Waals surface area contributed by atoms with Gasteiger partial charge in [-0.05, 0) is 37.5 Å². The van der Waals surface area contributed by atoms with Crippen LogP contribution in [0.1, 0.15) is 23.6 Å². The lowest BCUT2D eigenvalue weighted by Crippen LogP contribution is -1.83. The molecule has 0 aliphatic heterocycles. The molecular weight excluding hydrogens is 259 g/mol. The quantitative estimate of drug-likeness (QED) is 0.680. The van der Waals surface area contributed by atoms with E-state index in [1.807, 2.05) is 6.92 Å². The molecule has 0 bridgehead atoms. The largest absolute Gasteiger partial charge is 0.107 e. The summed E-state index contributed by atoms with van der Waals surface area (Å²) >= 11 is 0. The van der Waals surface area contributed by atoms with Crippen LogP contribution in [0, 0.1) is 13.8 Å². The molecule has 0 amide bonds. The van der Waals surface area contributed by atoms with E-state index in [4.69, 9.17) is 0 Å². The third-order valence-electron chi connectivity index (χ3n) is 1.99. The van der Waals surface area contributed by atoms with Crippen LogP contribution in [0.3, 0.4) is 0 Å². The highest BCUT2D eigenvalue weighted by molar-refractivity contribution is 14.0. The molecule has 0 aliphatic carbocycles. The van der Waals surface area contributed by atoms with Crippen LogP contribution in [-0.4, -0.2) is 0 Å². The fourth-order valence-electron chi connectivity index (χ4n) is 1.13. The monoisotopic (exact) mass is 274 g/mol. The van der Waals surface area contributed by atoms with Gasteiger partial charge in [-0.2, -0.15) is 0 Å². The van der Waals surface area contributed by atoms with Gasteiger partial charge in [0.15, 0.2) is 0 Å². The van der Waals surface area contributed by atoms with Crippen molar-refractivity contribution in [3.05, 3.63) is 41.0 Å². The van der Waals surface area contributed by atoms with Crippen molar-refractivity contribution in [1.29, 1.82) is 0 Å². The Kier molecular flexibility index (Phi) is 5.22. The number of rotatable bonds is 1. The molecule has 0 spiro atoms. The molecule has 0 saturated heterocycles. The molecule has 0 aromatic heterocycles. The summed E-state index contributed by atoms with van der Waals surface area (Å²) < 4.78 is 0. The predicted octanol–water partition coefficient (Wildman–Crippen LogP) is 3.95. The van der Waals surface area contributed by atoms with Crippen molar-refractivity contribution in [2.24, 2.45) is 0 Å². The van der Waals surface area contributed by atoms with Gasteiger partial charge in [0.1, 0.15) is 0 Å². The molecule has 0 nitrogen and oxygen atoms in total. The van der Waals surface area contributed by atoms with E-state index in [1.165, 1.54) is 16.7 Å². The minimum Gasteiger partial charge on any atom is -0.107 e. The number of halogens is 1. The van der Waals surface area contributed by atoms with Crippen molar-refractivity contribution in [2.75, 3.05) is 0 Å². The molecule has 0 atom stereocenters. The molecule has 0 fully saturated rings. The Bertz CT molecular complexity index is 274. The lowest BCUT2D eigenvalue weighted by Gasteiger charge is -2.02. The van der Waals surface area contributed by atoms with E-state index in [-0.39, 0.29) is 24.0 Å². The molecule has 1 rings (SSSR count). The molecule has 0 saturated carbocycles. The number of allylic oxidation sites excluding steroid dienone is 1. The van der Waals surface area contributed by atoms with Gasteiger partial charge in [-0.1, -0.05) is 30.4 Å². The summed E-state index contributed by atoms with van der Waals surface area (Å²) in [5.41, 5.74) is 4.07. The second-order valence-corrected chi connectivity index (χ2v) is 2.79. The maximum Gasteiger partial charge on any atom is -0.0228 e. The van der Waals surface area contributed by atoms with Crippen LogP contribution >= 0.6 is 24.0 Å². The molecule has 12 heavy (non-hydrogen) atoms. The van der Waals surface area contributed by atoms with Gasteiger partial charge in [-0.15, -0.1) is 24.0 Å². The van der Waals surface area contributed by atoms with Crippen LogP contribution in [0.2, 0.25) is 0 Å². The molecule has 1 heteroatoms. The zero-order chi connectivity index (χ0) is 8.27. The van der Waals surface area contributed by atoms with Gasteiger partial charge in [0, 0.05) is 0 Å². The van der Waals surface area contributed by atoms with Crippen LogP contribution < -0.4 is 0 Å². The van der Waals surface area contributed by atoms with E-state index >= 15 is 0 Å². The lowest BCUT2D eigenvalue weighted by atomic mass is 10.0. The van der Waals surface area contributed by atoms with Crippen molar-refractivity contribution < 1.29 is 0 Å². The molecule has 0 N–H and O–H groups in total. The van der Waals surface area contributed by atoms with Gasteiger partial charge in [0.2, 0.25) is 0 Å². The third kappa shape index (κ3) is 2.63. The summed E-state index contributed by atoms with van der Waals surface area (Å²) in [6.45, 7) is 6.34. The van der Waals surface area contributed by atoms with Crippen LogP contribution in [0.25, 0.3) is 6.08 Å². The third-order valence-corrected chi connectivity index (χ3v) is 1.99. The van der Waals surface area contributed by atoms with Crippen LogP contribution in [0.5, 0.6) is 0 Å². The molecular formula is C11H15I. The van der Waals surface area contributed by atoms with Crippen LogP contribution in [0.4, 0.5) is 0 Å². The molecule has 0 unspecified atom stereocenters. The summed E-state index contributed by atoms with van der Waals surface area (Å²) in [5, 5.41) is 0. The first-order valence-corrected chi connectivity index (χ1v) is 3.94. The Morgan fingerprint density at radius 1 is 1.17 bits per heavy atom. The minimum absolute atomic E-state index is 0. The number of aryl methyl sites for hydroxylation is 1. The molecule has 0 aliphatic rings. The average molecular weight is 274 g/mol. The predicted molar refractivity (Wildman–Crippen MR) is 66.0 cm³/mol. The molecule has 0 radical (unpaired) electrons. The second-order valence-electron chi connectivity index (χ2n) is 2.79. The van der Waals surface area contributed by atoms with E-state index in [9.17, 15) is 0 Å². The summed E-state index contributed by atoms with van der Waals surface area (Å²) in [5.74, 6) is 0. The van der Waals surface area contributed by atoms with E-state index < -0.39 is 0 Å². The second kappa shape index (κ2) is 5.36. The van der Waals surface area contributed by atoms with Crippen molar-refractivity contribution in [3.63, 3.8) is 0 Å². The topological polar surface area (TPSA) is 0 Å². The normalized spacial score (nSPS) is 9.92. The summed E-state index contributed by atoms with van der Waals surface area (Å²) in [4.78, 5) is 0. The van der Waals surface area contributed by atoms with E-state index in [0.29, 0.717) is 0 Å². The fourth-order valence-corrected chi connectivity index (χ4v) is 1.13. The van der Waals surface area contributed by atoms with E-state index in [2.05, 4.69) is 44.2 Å². The smallest absolute Gasteiger partial charge is 0.0228 e. The Morgan fingerprint density at radius 3 is 2.42 bits per heavy atom. The van der Waals surface area contributed by atoms with Gasteiger partial charge in [-0.3, -0.25) is 0 Å². The number of hydrogen-bond acceptors (Lipinski definition) is 0. The zero-order valence-electron chi connectivity index (χ0n) is 7.79. The average Bonchev–Trinajstić information content (AvgIpc) is 1.99. The first kappa shape index (κ1) is 11.7. The first-order chi connectivity index (χ1) is 5.25. The minimum atomic E-state index is 0. The van der Waals surface area contributed by atoms with E-state index in [1.54, 1.807) is 0 Å². The SMILES string of the molecule is C/C=C\c1cccc(C)c1C.I. The van der Waals surface area contributed by atoms with Crippen LogP contribution in [0.15, 0.2) is 24.3 Å². The lowest BCUT2D eigenvalue weighted by molar-refractivity contribution is 1.32. The molecule has 0 heterocycles. The summed E-state index contributed by atoms with van der Waals surface area (Å²) in [7, 11) is 0. The Morgan fingerprint density at radius 2 is 1.83 bits per heavy atom. The highest BCUT2D eigenvalue weighted by Gasteiger charge is 1.94. The molecule has 66 valence electrons. The van der Waals surface area contributed by atoms with Gasteiger partial charge >= 0.3 is 0 Å². The van der Waals surface area contributed by atoms with Gasteiger partial charge < -0.3 is 0 Å². The highest BCUT2D eigenvalue weighted by Crippen LogP contribution is 2.13. The van der Waals surface area contributed by atoms with Crippen molar-refractivity contribution in [1.82, 2.24) is 0 Å². The zero-order valence-corrected chi connectivity index (χ0v) is 10.1. The standard InChI is InChI=1S/C11H14.HI/c1-4-6-11-8-5-7-9(2)10(11)3;/h4-8H,1-3H3;1H/b6-4-;. The first-order valence-electron chi connectivity index (χ1n) is 3.94. The van der Waals surface area contributed by atoms with Gasteiger partial charge in [0.05, 0.1) is 0 Å². The van der Waals surface area contributed by atoms with Crippen molar-refractivity contribution in [3.8, 4) is 0 Å². The molecule has 1 aromatic rings. The van der Waals surface area contributed by atoms with Crippen LogP contribution in [-0.2, 0) is 0 Å². The Balaban J connectivity index is 0.00000121. The van der Waals surface area contributed by atoms with Crippen molar-refractivity contribution >= 4 is 30.1 Å². The fraction of sp³-hybridized carbons (Fsp3) is 0.273.